The zero-order valence-electron chi connectivity index (χ0n) is 21.8. The number of allylic oxidation sites excluding steroid dienone is 4. The summed E-state index contributed by atoms with van der Waals surface area (Å²) in [5.74, 6) is -0.263. The van der Waals surface area contributed by atoms with Crippen molar-refractivity contribution in [3.8, 4) is 11.1 Å². The van der Waals surface area contributed by atoms with E-state index in [0.29, 0.717) is 11.4 Å². The van der Waals surface area contributed by atoms with Crippen molar-refractivity contribution in [3.63, 3.8) is 0 Å². The predicted molar refractivity (Wildman–Crippen MR) is 153 cm³/mol. The molecule has 1 amide bonds. The maximum Gasteiger partial charge on any atom is 0.276 e. The molecule has 4 aromatic rings. The molecule has 1 aliphatic rings. The Labute approximate surface area is 223 Å². The van der Waals surface area contributed by atoms with Gasteiger partial charge in [-0.15, -0.1) is 0 Å². The number of hydrogen-bond acceptors (Lipinski definition) is 4. The number of hydrogen-bond donors (Lipinski definition) is 2. The number of carbonyl (C=O) groups excluding carboxylic acids is 1. The highest BCUT2D eigenvalue weighted by atomic mass is 16.1. The number of fused-ring (bicyclic) bond motifs is 1. The molecular formula is C32H33N5O. The summed E-state index contributed by atoms with van der Waals surface area (Å²) in [4.78, 5) is 20.2. The van der Waals surface area contributed by atoms with Gasteiger partial charge in [-0.2, -0.15) is 5.10 Å². The summed E-state index contributed by atoms with van der Waals surface area (Å²) in [6.07, 6.45) is 12.8. The van der Waals surface area contributed by atoms with Crippen LogP contribution in [0.1, 0.15) is 41.4 Å². The summed E-state index contributed by atoms with van der Waals surface area (Å²) in [6, 6.07) is 18.4. The highest BCUT2D eigenvalue weighted by Crippen LogP contribution is 2.26. The lowest BCUT2D eigenvalue weighted by atomic mass is 10.0. The summed E-state index contributed by atoms with van der Waals surface area (Å²) in [6.45, 7) is 9.25. The van der Waals surface area contributed by atoms with E-state index in [-0.39, 0.29) is 5.91 Å². The molecule has 6 heteroatoms. The largest absolute Gasteiger partial charge is 0.321 e. The molecule has 5 rings (SSSR count). The second-order valence-corrected chi connectivity index (χ2v) is 9.75. The van der Waals surface area contributed by atoms with Gasteiger partial charge in [-0.1, -0.05) is 60.7 Å². The van der Waals surface area contributed by atoms with Gasteiger partial charge in [-0.05, 0) is 80.2 Å². The Kier molecular flexibility index (Phi) is 7.90. The molecule has 1 aliphatic heterocycles. The summed E-state index contributed by atoms with van der Waals surface area (Å²) in [5, 5.41) is 11.1. The molecule has 1 saturated heterocycles. The minimum atomic E-state index is -0.263. The van der Waals surface area contributed by atoms with Gasteiger partial charge < -0.3 is 5.32 Å². The molecule has 6 nitrogen and oxygen atoms in total. The quantitative estimate of drug-likeness (QED) is 0.266. The van der Waals surface area contributed by atoms with Gasteiger partial charge in [0, 0.05) is 35.6 Å². The molecule has 0 unspecified atom stereocenters. The smallest absolute Gasteiger partial charge is 0.276 e. The van der Waals surface area contributed by atoms with Crippen molar-refractivity contribution in [2.75, 3.05) is 13.1 Å². The van der Waals surface area contributed by atoms with Crippen molar-refractivity contribution in [2.45, 2.75) is 32.7 Å². The number of H-pyrrole nitrogens is 1. The van der Waals surface area contributed by atoms with Crippen molar-refractivity contribution < 1.29 is 4.79 Å². The first-order valence-corrected chi connectivity index (χ1v) is 13.1. The van der Waals surface area contributed by atoms with Gasteiger partial charge in [0.1, 0.15) is 0 Å². The van der Waals surface area contributed by atoms with E-state index in [4.69, 9.17) is 0 Å². The number of nitrogens with zero attached hydrogens (tertiary/aromatic N) is 3. The van der Waals surface area contributed by atoms with Crippen molar-refractivity contribution >= 4 is 16.8 Å². The normalized spacial score (nSPS) is 14.4. The van der Waals surface area contributed by atoms with Gasteiger partial charge in [0.05, 0.1) is 5.52 Å². The first-order chi connectivity index (χ1) is 18.6. The number of aromatic amines is 1. The van der Waals surface area contributed by atoms with Crippen LogP contribution in [0, 0.1) is 0 Å². The van der Waals surface area contributed by atoms with Crippen LogP contribution in [0.4, 0.5) is 0 Å². The van der Waals surface area contributed by atoms with Crippen LogP contribution in [0.25, 0.3) is 22.0 Å². The lowest BCUT2D eigenvalue weighted by Crippen LogP contribution is -2.22. The lowest BCUT2D eigenvalue weighted by molar-refractivity contribution is 0.0963. The number of carbonyl (C=O) groups is 1. The summed E-state index contributed by atoms with van der Waals surface area (Å²) >= 11 is 0. The minimum Gasteiger partial charge on any atom is -0.321 e. The molecule has 2 aromatic carbocycles. The van der Waals surface area contributed by atoms with Crippen molar-refractivity contribution in [3.05, 3.63) is 120 Å². The van der Waals surface area contributed by atoms with Gasteiger partial charge in [0.2, 0.25) is 0 Å². The van der Waals surface area contributed by atoms with Crippen LogP contribution in [0.15, 0.2) is 103 Å². The van der Waals surface area contributed by atoms with E-state index in [9.17, 15) is 4.79 Å². The molecule has 192 valence electrons. The van der Waals surface area contributed by atoms with Crippen LogP contribution in [0.3, 0.4) is 0 Å². The number of benzene rings is 2. The van der Waals surface area contributed by atoms with Crippen LogP contribution < -0.4 is 5.32 Å². The van der Waals surface area contributed by atoms with Crippen LogP contribution in [-0.2, 0) is 13.0 Å². The lowest BCUT2D eigenvalue weighted by Gasteiger charge is -2.14. The van der Waals surface area contributed by atoms with Gasteiger partial charge in [-0.25, -0.2) is 0 Å². The summed E-state index contributed by atoms with van der Waals surface area (Å²) < 4.78 is 0. The van der Waals surface area contributed by atoms with E-state index in [1.165, 1.54) is 24.0 Å². The molecule has 0 atom stereocenters. The third kappa shape index (κ3) is 6.15. The predicted octanol–water partition coefficient (Wildman–Crippen LogP) is 6.21. The molecule has 3 heterocycles. The third-order valence-electron chi connectivity index (χ3n) is 6.85. The monoisotopic (exact) mass is 503 g/mol. The first kappa shape index (κ1) is 25.4. The highest BCUT2D eigenvalue weighted by molar-refractivity contribution is 6.06. The average molecular weight is 504 g/mol. The molecular weight excluding hydrogens is 470 g/mol. The highest BCUT2D eigenvalue weighted by Gasteiger charge is 2.16. The first-order valence-electron chi connectivity index (χ1n) is 13.1. The number of amides is 1. The van der Waals surface area contributed by atoms with Crippen LogP contribution in [-0.4, -0.2) is 39.1 Å². The topological polar surface area (TPSA) is 73.9 Å². The van der Waals surface area contributed by atoms with Gasteiger partial charge in [0.25, 0.3) is 5.91 Å². The van der Waals surface area contributed by atoms with Gasteiger partial charge in [0.15, 0.2) is 5.69 Å². The summed E-state index contributed by atoms with van der Waals surface area (Å²) in [5.41, 5.74) is 7.26. The fourth-order valence-corrected chi connectivity index (χ4v) is 4.82. The maximum absolute atomic E-state index is 13.2. The second kappa shape index (κ2) is 11.8. The number of likely N-dealkylation sites (tertiary alicyclic amines) is 1. The van der Waals surface area contributed by atoms with E-state index in [1.54, 1.807) is 0 Å². The molecule has 0 saturated carbocycles. The SMILES string of the molecule is C=C(/C=C\C(=C/C)NC(=O)c1n[nH]c2ccc(-c3cncc(CN4CCCC4)c3)cc12)Cc1ccccc1. The van der Waals surface area contributed by atoms with E-state index in [2.05, 4.69) is 50.2 Å². The fourth-order valence-electron chi connectivity index (χ4n) is 4.82. The van der Waals surface area contributed by atoms with Gasteiger partial charge in [-0.3, -0.25) is 19.8 Å². The van der Waals surface area contributed by atoms with E-state index < -0.39 is 0 Å². The summed E-state index contributed by atoms with van der Waals surface area (Å²) in [7, 11) is 0. The molecule has 0 radical (unpaired) electrons. The van der Waals surface area contributed by atoms with Gasteiger partial charge >= 0.3 is 0 Å². The Morgan fingerprint density at radius 3 is 2.63 bits per heavy atom. The van der Waals surface area contributed by atoms with Crippen molar-refractivity contribution in [1.82, 2.24) is 25.4 Å². The van der Waals surface area contributed by atoms with Crippen LogP contribution in [0.5, 0.6) is 0 Å². The van der Waals surface area contributed by atoms with Crippen LogP contribution >= 0.6 is 0 Å². The Morgan fingerprint density at radius 1 is 1.03 bits per heavy atom. The Balaban J connectivity index is 1.30. The molecule has 2 N–H and O–H groups in total. The Bertz CT molecular complexity index is 1490. The molecule has 1 fully saturated rings. The standard InChI is InChI=1S/C32H33N5O/c1-3-28(13-11-23(2)17-24-9-5-4-6-10-24)34-32(38)31-29-19-26(12-14-30(29)35-36-31)27-18-25(20-33-21-27)22-37-15-7-8-16-37/h3-6,9-14,18-21H,2,7-8,15-17,22H2,1H3,(H,34,38)(H,35,36)/b13-11-,28-3+. The Morgan fingerprint density at radius 2 is 1.84 bits per heavy atom. The van der Waals surface area contributed by atoms with Crippen molar-refractivity contribution in [2.24, 2.45) is 0 Å². The number of nitrogens with one attached hydrogen (secondary N) is 2. The van der Waals surface area contributed by atoms with E-state index in [0.717, 1.165) is 53.7 Å². The van der Waals surface area contributed by atoms with Crippen LogP contribution in [0.2, 0.25) is 0 Å². The number of aromatic nitrogens is 3. The Hall–Kier alpha value is -4.29. The van der Waals surface area contributed by atoms with E-state index >= 15 is 0 Å². The fraction of sp³-hybridized carbons (Fsp3) is 0.219. The molecule has 2 aromatic heterocycles. The number of rotatable bonds is 9. The maximum atomic E-state index is 13.2. The number of pyridine rings is 1. The minimum absolute atomic E-state index is 0.263. The average Bonchev–Trinajstić information content (AvgIpc) is 3.61. The zero-order chi connectivity index (χ0) is 26.3. The molecule has 38 heavy (non-hydrogen) atoms. The molecule has 0 bridgehead atoms. The second-order valence-electron chi connectivity index (χ2n) is 9.75. The zero-order valence-corrected chi connectivity index (χ0v) is 21.8. The van der Waals surface area contributed by atoms with Crippen molar-refractivity contribution in [1.29, 1.82) is 0 Å². The third-order valence-corrected chi connectivity index (χ3v) is 6.85. The van der Waals surface area contributed by atoms with E-state index in [1.807, 2.05) is 73.9 Å². The molecule has 0 spiro atoms. The molecule has 0 aliphatic carbocycles.